The molecule has 0 heterocycles. The molecule has 1 atom stereocenters. The van der Waals surface area contributed by atoms with Crippen LogP contribution in [-0.2, 0) is 0 Å². The van der Waals surface area contributed by atoms with Crippen molar-refractivity contribution >= 4 is 0 Å². The third kappa shape index (κ3) is 2.85. The number of nitrogens with two attached hydrogens (primary N) is 1. The minimum absolute atomic E-state index is 0.128. The van der Waals surface area contributed by atoms with Crippen molar-refractivity contribution in [3.05, 3.63) is 35.9 Å². The van der Waals surface area contributed by atoms with Gasteiger partial charge in [-0.15, -0.1) is 0 Å². The Morgan fingerprint density at radius 1 is 1.21 bits per heavy atom. The Morgan fingerprint density at radius 3 is 2.21 bits per heavy atom. The highest BCUT2D eigenvalue weighted by atomic mass is 14.7. The van der Waals surface area contributed by atoms with Crippen LogP contribution in [0.15, 0.2) is 30.3 Å². The summed E-state index contributed by atoms with van der Waals surface area (Å²) in [6.07, 6.45) is 2.34. The molecule has 0 aliphatic carbocycles. The van der Waals surface area contributed by atoms with E-state index in [4.69, 9.17) is 5.73 Å². The van der Waals surface area contributed by atoms with E-state index in [1.807, 2.05) is 0 Å². The van der Waals surface area contributed by atoms with E-state index in [1.165, 1.54) is 12.0 Å². The minimum Gasteiger partial charge on any atom is -0.325 e. The highest BCUT2D eigenvalue weighted by molar-refractivity contribution is 5.22. The predicted molar refractivity (Wildman–Crippen MR) is 62.4 cm³/mol. The monoisotopic (exact) mass is 191 g/mol. The largest absolute Gasteiger partial charge is 0.325 e. The average Bonchev–Trinajstić information content (AvgIpc) is 2.14. The molecule has 0 fully saturated rings. The van der Waals surface area contributed by atoms with Crippen LogP contribution in [0.2, 0.25) is 0 Å². The first-order chi connectivity index (χ1) is 6.55. The summed E-state index contributed by atoms with van der Waals surface area (Å²) in [6, 6.07) is 10.6. The highest BCUT2D eigenvalue weighted by Crippen LogP contribution is 2.30. The normalized spacial score (nSPS) is 14.0. The molecule has 0 aliphatic heterocycles. The summed E-state index contributed by atoms with van der Waals surface area (Å²) in [5.74, 6) is 0.466. The molecule has 1 unspecified atom stereocenters. The van der Waals surface area contributed by atoms with Crippen LogP contribution < -0.4 is 5.73 Å². The first kappa shape index (κ1) is 11.3. The van der Waals surface area contributed by atoms with Crippen LogP contribution >= 0.6 is 0 Å². The molecule has 14 heavy (non-hydrogen) atoms. The van der Waals surface area contributed by atoms with Crippen molar-refractivity contribution in [3.63, 3.8) is 0 Å². The van der Waals surface area contributed by atoms with Gasteiger partial charge in [-0.3, -0.25) is 0 Å². The summed E-state index contributed by atoms with van der Waals surface area (Å²) in [5, 5.41) is 0. The topological polar surface area (TPSA) is 26.0 Å². The van der Waals surface area contributed by atoms with Gasteiger partial charge in [-0.05, 0) is 25.8 Å². The van der Waals surface area contributed by atoms with E-state index in [2.05, 4.69) is 51.1 Å². The maximum absolute atomic E-state index is 6.20. The Bertz CT molecular complexity index is 258. The lowest BCUT2D eigenvalue weighted by atomic mass is 9.80. The molecule has 0 radical (unpaired) electrons. The molecule has 0 aromatic heterocycles. The van der Waals surface area contributed by atoms with E-state index in [1.54, 1.807) is 0 Å². The Kier molecular flexibility index (Phi) is 3.70. The highest BCUT2D eigenvalue weighted by Gasteiger charge is 2.25. The van der Waals surface area contributed by atoms with Crippen LogP contribution in [0.3, 0.4) is 0 Å². The number of rotatable bonds is 4. The summed E-state index contributed by atoms with van der Waals surface area (Å²) < 4.78 is 0. The zero-order chi connectivity index (χ0) is 10.6. The third-order valence-corrected chi connectivity index (χ3v) is 2.68. The standard InChI is InChI=1S/C13H21N/c1-4-8-12(13(2,3)14)11-9-6-5-7-10-11/h5-7,9-10,12H,4,8,14H2,1-3H3. The zero-order valence-electron chi connectivity index (χ0n) is 9.46. The quantitative estimate of drug-likeness (QED) is 0.776. The van der Waals surface area contributed by atoms with Gasteiger partial charge >= 0.3 is 0 Å². The van der Waals surface area contributed by atoms with Crippen molar-refractivity contribution in [2.24, 2.45) is 5.73 Å². The van der Waals surface area contributed by atoms with Crippen molar-refractivity contribution in [2.75, 3.05) is 0 Å². The van der Waals surface area contributed by atoms with Crippen LogP contribution in [0, 0.1) is 0 Å². The molecule has 0 bridgehead atoms. The lowest BCUT2D eigenvalue weighted by Gasteiger charge is -2.30. The van der Waals surface area contributed by atoms with Crippen LogP contribution in [0.4, 0.5) is 0 Å². The lowest BCUT2D eigenvalue weighted by molar-refractivity contribution is 0.387. The van der Waals surface area contributed by atoms with E-state index >= 15 is 0 Å². The molecule has 1 rings (SSSR count). The molecule has 0 saturated carbocycles. The molecule has 78 valence electrons. The fourth-order valence-corrected chi connectivity index (χ4v) is 1.94. The second-order valence-electron chi connectivity index (χ2n) is 4.57. The maximum Gasteiger partial charge on any atom is 0.0166 e. The molecule has 1 heteroatoms. The van der Waals surface area contributed by atoms with Gasteiger partial charge in [0.05, 0.1) is 0 Å². The van der Waals surface area contributed by atoms with E-state index < -0.39 is 0 Å². The maximum atomic E-state index is 6.20. The first-order valence-electron chi connectivity index (χ1n) is 5.39. The third-order valence-electron chi connectivity index (χ3n) is 2.68. The fraction of sp³-hybridized carbons (Fsp3) is 0.538. The number of benzene rings is 1. The summed E-state index contributed by atoms with van der Waals surface area (Å²) in [7, 11) is 0. The molecular weight excluding hydrogens is 170 g/mol. The molecule has 0 spiro atoms. The molecule has 0 saturated heterocycles. The van der Waals surface area contributed by atoms with Crippen LogP contribution in [-0.4, -0.2) is 5.54 Å². The predicted octanol–water partition coefficient (Wildman–Crippen LogP) is 3.31. The van der Waals surface area contributed by atoms with Crippen molar-refractivity contribution in [3.8, 4) is 0 Å². The smallest absolute Gasteiger partial charge is 0.0166 e. The van der Waals surface area contributed by atoms with Crippen LogP contribution in [0.25, 0.3) is 0 Å². The fourth-order valence-electron chi connectivity index (χ4n) is 1.94. The van der Waals surface area contributed by atoms with Crippen LogP contribution in [0.5, 0.6) is 0 Å². The summed E-state index contributed by atoms with van der Waals surface area (Å²) >= 11 is 0. The Morgan fingerprint density at radius 2 is 1.79 bits per heavy atom. The van der Waals surface area contributed by atoms with E-state index in [0.29, 0.717) is 5.92 Å². The van der Waals surface area contributed by atoms with Gasteiger partial charge < -0.3 is 5.73 Å². The minimum atomic E-state index is -0.128. The summed E-state index contributed by atoms with van der Waals surface area (Å²) in [5.41, 5.74) is 7.43. The Labute approximate surface area is 87.3 Å². The van der Waals surface area contributed by atoms with Gasteiger partial charge in [-0.1, -0.05) is 43.7 Å². The van der Waals surface area contributed by atoms with Gasteiger partial charge in [0, 0.05) is 11.5 Å². The Balaban J connectivity index is 2.89. The number of hydrogen-bond donors (Lipinski definition) is 1. The molecular formula is C13H21N. The Hall–Kier alpha value is -0.820. The van der Waals surface area contributed by atoms with E-state index in [9.17, 15) is 0 Å². The van der Waals surface area contributed by atoms with Gasteiger partial charge in [0.2, 0.25) is 0 Å². The van der Waals surface area contributed by atoms with Gasteiger partial charge in [0.25, 0.3) is 0 Å². The molecule has 1 aromatic carbocycles. The van der Waals surface area contributed by atoms with Crippen molar-refractivity contribution < 1.29 is 0 Å². The SMILES string of the molecule is CCCC(c1ccccc1)C(C)(C)N. The zero-order valence-corrected chi connectivity index (χ0v) is 9.46. The molecule has 1 nitrogen and oxygen atoms in total. The second kappa shape index (κ2) is 4.61. The molecule has 1 aromatic rings. The van der Waals surface area contributed by atoms with Gasteiger partial charge in [0.1, 0.15) is 0 Å². The molecule has 0 aliphatic rings. The van der Waals surface area contributed by atoms with Crippen LogP contribution in [0.1, 0.15) is 45.1 Å². The summed E-state index contributed by atoms with van der Waals surface area (Å²) in [6.45, 7) is 6.43. The van der Waals surface area contributed by atoms with Gasteiger partial charge in [-0.25, -0.2) is 0 Å². The summed E-state index contributed by atoms with van der Waals surface area (Å²) in [4.78, 5) is 0. The number of hydrogen-bond acceptors (Lipinski definition) is 1. The van der Waals surface area contributed by atoms with Gasteiger partial charge in [0.15, 0.2) is 0 Å². The molecule has 2 N–H and O–H groups in total. The van der Waals surface area contributed by atoms with Crippen molar-refractivity contribution in [1.29, 1.82) is 0 Å². The first-order valence-corrected chi connectivity index (χ1v) is 5.39. The average molecular weight is 191 g/mol. The molecule has 0 amide bonds. The van der Waals surface area contributed by atoms with Crippen molar-refractivity contribution in [1.82, 2.24) is 0 Å². The van der Waals surface area contributed by atoms with Gasteiger partial charge in [-0.2, -0.15) is 0 Å². The lowest BCUT2D eigenvalue weighted by Crippen LogP contribution is -2.39. The second-order valence-corrected chi connectivity index (χ2v) is 4.57. The van der Waals surface area contributed by atoms with E-state index in [-0.39, 0.29) is 5.54 Å². The van der Waals surface area contributed by atoms with Crippen molar-refractivity contribution in [2.45, 2.75) is 45.1 Å². The van der Waals surface area contributed by atoms with E-state index in [0.717, 1.165) is 6.42 Å².